The predicted octanol–water partition coefficient (Wildman–Crippen LogP) is 4.35. The van der Waals surface area contributed by atoms with Crippen LogP contribution in [0.15, 0.2) is 60.7 Å². The van der Waals surface area contributed by atoms with Crippen molar-refractivity contribution in [2.45, 2.75) is 18.6 Å². The molecule has 164 valence electrons. The first-order valence-corrected chi connectivity index (χ1v) is 10.6. The molecule has 1 spiro atoms. The lowest BCUT2D eigenvalue weighted by Crippen LogP contribution is -2.57. The number of anilines is 5. The zero-order valence-electron chi connectivity index (χ0n) is 17.6. The molecule has 7 heteroatoms. The van der Waals surface area contributed by atoms with Crippen molar-refractivity contribution in [3.63, 3.8) is 0 Å². The van der Waals surface area contributed by atoms with Crippen molar-refractivity contribution < 1.29 is 14.2 Å². The smallest absolute Gasteiger partial charge is 0.123 e. The molecule has 5 rings (SSSR count). The lowest BCUT2D eigenvalue weighted by molar-refractivity contribution is 0.178. The summed E-state index contributed by atoms with van der Waals surface area (Å²) in [5, 5.41) is 17.3. The highest BCUT2D eigenvalue weighted by atomic mass is 19.1. The van der Waals surface area contributed by atoms with E-state index in [1.165, 1.54) is 18.3 Å². The van der Waals surface area contributed by atoms with Gasteiger partial charge < -0.3 is 30.8 Å². The van der Waals surface area contributed by atoms with Gasteiger partial charge >= 0.3 is 0 Å². The predicted molar refractivity (Wildman–Crippen MR) is 125 cm³/mol. The van der Waals surface area contributed by atoms with E-state index in [0.717, 1.165) is 34.7 Å². The van der Waals surface area contributed by atoms with E-state index in [2.05, 4.69) is 9.80 Å². The largest absolute Gasteiger partial charge is 0.398 e. The number of halogens is 1. The molecule has 0 amide bonds. The van der Waals surface area contributed by atoms with Crippen molar-refractivity contribution >= 4 is 34.7 Å². The molecule has 2 aliphatic rings. The van der Waals surface area contributed by atoms with Gasteiger partial charge in [0.15, 0.2) is 0 Å². The van der Waals surface area contributed by atoms with E-state index < -0.39 is 0 Å². The van der Waals surface area contributed by atoms with E-state index in [1.807, 2.05) is 36.4 Å². The van der Waals surface area contributed by atoms with E-state index >= 15 is 0 Å². The zero-order chi connectivity index (χ0) is 22.3. The number of nitrogens with one attached hydrogen (secondary N) is 1. The highest BCUT2D eigenvalue weighted by Gasteiger charge is 2.48. The minimum atomic E-state index is -0.365. The van der Waals surface area contributed by atoms with Crippen LogP contribution in [0.3, 0.4) is 0 Å². The summed E-state index contributed by atoms with van der Waals surface area (Å²) in [6.45, 7) is 1.80. The summed E-state index contributed by atoms with van der Waals surface area (Å²) >= 11 is 0. The molecule has 2 aliphatic heterocycles. The van der Waals surface area contributed by atoms with Gasteiger partial charge in [0.2, 0.25) is 0 Å². The van der Waals surface area contributed by atoms with Crippen LogP contribution >= 0.6 is 0 Å². The van der Waals surface area contributed by atoms with Crippen LogP contribution in [0.5, 0.6) is 0 Å². The number of rotatable bonds is 4. The Morgan fingerprint density at radius 1 is 1.06 bits per heavy atom. The van der Waals surface area contributed by atoms with Crippen LogP contribution < -0.4 is 15.5 Å². The second-order valence-electron chi connectivity index (χ2n) is 8.36. The van der Waals surface area contributed by atoms with E-state index in [1.54, 1.807) is 12.1 Å². The van der Waals surface area contributed by atoms with Gasteiger partial charge in [-0.1, -0.05) is 12.1 Å². The van der Waals surface area contributed by atoms with Crippen LogP contribution in [0.4, 0.5) is 32.8 Å². The van der Waals surface area contributed by atoms with Crippen molar-refractivity contribution in [2.24, 2.45) is 0 Å². The monoisotopic (exact) mass is 432 g/mol. The van der Waals surface area contributed by atoms with Gasteiger partial charge in [-0.05, 0) is 60.5 Å². The highest BCUT2D eigenvalue weighted by Crippen LogP contribution is 2.50. The first-order chi connectivity index (χ1) is 15.5. The van der Waals surface area contributed by atoms with Crippen LogP contribution in [0.25, 0.3) is 0 Å². The lowest BCUT2D eigenvalue weighted by atomic mass is 9.88. The molecule has 32 heavy (non-hydrogen) atoms. The fraction of sp³-hybridized carbons (Fsp3) is 0.240. The average Bonchev–Trinajstić information content (AvgIpc) is 3.28. The van der Waals surface area contributed by atoms with Gasteiger partial charge in [0.05, 0.1) is 30.1 Å². The van der Waals surface area contributed by atoms with Gasteiger partial charge in [0, 0.05) is 42.0 Å². The number of nitrogens with zero attached hydrogens (tertiary/aromatic N) is 2. The molecule has 0 bridgehead atoms. The quantitative estimate of drug-likeness (QED) is 0.422. The Labute approximate surface area is 186 Å². The van der Waals surface area contributed by atoms with Crippen LogP contribution in [0.1, 0.15) is 17.5 Å². The molecule has 2 heterocycles. The number of hydrogen-bond donors (Lipinski definition) is 3. The molecule has 0 saturated carbocycles. The molecule has 1 saturated heterocycles. The molecular formula is C25H25FN4O2. The third-order valence-electron chi connectivity index (χ3n) is 6.39. The number of fused-ring (bicyclic) bond motifs is 1. The van der Waals surface area contributed by atoms with Gasteiger partial charge in [0.1, 0.15) is 5.82 Å². The molecule has 0 radical (unpaired) electrons. The summed E-state index contributed by atoms with van der Waals surface area (Å²) in [6, 6.07) is 18.1. The molecule has 0 aromatic heterocycles. The molecule has 1 fully saturated rings. The second kappa shape index (κ2) is 7.93. The Balaban J connectivity index is 1.73. The normalized spacial score (nSPS) is 19.9. The van der Waals surface area contributed by atoms with Crippen LogP contribution in [0, 0.1) is 11.2 Å². The molecule has 6 nitrogen and oxygen atoms in total. The lowest BCUT2D eigenvalue weighted by Gasteiger charge is -2.51. The minimum absolute atomic E-state index is 0.0113. The maximum atomic E-state index is 13.7. The van der Waals surface area contributed by atoms with Crippen LogP contribution in [-0.4, -0.2) is 36.6 Å². The van der Waals surface area contributed by atoms with Gasteiger partial charge in [0.25, 0.3) is 0 Å². The number of nitrogens with two attached hydrogens (primary N) is 1. The molecule has 1 unspecified atom stereocenters. The average molecular weight is 432 g/mol. The first kappa shape index (κ1) is 20.5. The van der Waals surface area contributed by atoms with Crippen molar-refractivity contribution in [2.75, 3.05) is 35.3 Å². The Morgan fingerprint density at radius 2 is 1.78 bits per heavy atom. The molecule has 3 aromatic rings. The number of benzene rings is 3. The van der Waals surface area contributed by atoms with Gasteiger partial charge in [-0.25, -0.2) is 4.39 Å². The fourth-order valence-corrected chi connectivity index (χ4v) is 4.75. The topological polar surface area (TPSA) is 85.8 Å². The number of aliphatic hydroxyl groups is 1. The SMILES string of the molecule is N=Cc1cc2c(cc1N)N(c1ccc(CO)cc1)CC1(CCOC1)N2c1ccc(F)cc1. The van der Waals surface area contributed by atoms with Crippen molar-refractivity contribution in [1.82, 2.24) is 0 Å². The van der Waals surface area contributed by atoms with Gasteiger partial charge in [-0.2, -0.15) is 0 Å². The molecular weight excluding hydrogens is 407 g/mol. The van der Waals surface area contributed by atoms with Gasteiger partial charge in [-0.15, -0.1) is 0 Å². The summed E-state index contributed by atoms with van der Waals surface area (Å²) in [4.78, 5) is 4.44. The van der Waals surface area contributed by atoms with Crippen LogP contribution in [0.2, 0.25) is 0 Å². The maximum absolute atomic E-state index is 13.7. The summed E-state index contributed by atoms with van der Waals surface area (Å²) < 4.78 is 19.6. The highest BCUT2D eigenvalue weighted by molar-refractivity contribution is 5.95. The first-order valence-electron chi connectivity index (χ1n) is 10.6. The summed E-state index contributed by atoms with van der Waals surface area (Å²) in [5.41, 5.74) is 11.6. The van der Waals surface area contributed by atoms with Crippen LogP contribution in [-0.2, 0) is 11.3 Å². The van der Waals surface area contributed by atoms with E-state index in [0.29, 0.717) is 31.0 Å². The third-order valence-corrected chi connectivity index (χ3v) is 6.39. The Kier molecular flexibility index (Phi) is 5.07. The van der Waals surface area contributed by atoms with Crippen molar-refractivity contribution in [3.05, 3.63) is 77.6 Å². The third kappa shape index (κ3) is 3.30. The summed E-state index contributed by atoms with van der Waals surface area (Å²) in [7, 11) is 0. The Hall–Kier alpha value is -3.42. The number of hydrogen-bond acceptors (Lipinski definition) is 6. The molecule has 3 aromatic carbocycles. The fourth-order valence-electron chi connectivity index (χ4n) is 4.75. The van der Waals surface area contributed by atoms with Crippen molar-refractivity contribution in [1.29, 1.82) is 5.41 Å². The number of ether oxygens (including phenoxy) is 1. The molecule has 1 atom stereocenters. The Bertz CT molecular complexity index is 1140. The van der Waals surface area contributed by atoms with E-state index in [-0.39, 0.29) is 18.0 Å². The summed E-state index contributed by atoms with van der Waals surface area (Å²) in [6.07, 6.45) is 2.06. The zero-order valence-corrected chi connectivity index (χ0v) is 17.6. The van der Waals surface area contributed by atoms with Crippen molar-refractivity contribution in [3.8, 4) is 0 Å². The van der Waals surface area contributed by atoms with Gasteiger partial charge in [-0.3, -0.25) is 0 Å². The van der Waals surface area contributed by atoms with E-state index in [4.69, 9.17) is 15.9 Å². The standard InChI is InChI=1S/C25H25FN4O2/c26-19-3-7-21(8-4-19)30-24-11-18(13-27)22(28)12-23(24)29(15-25(30)9-10-32-16-25)20-5-1-17(14-31)2-6-20/h1-8,11-13,27,31H,9-10,14-16,28H2. The minimum Gasteiger partial charge on any atom is -0.398 e. The summed E-state index contributed by atoms with van der Waals surface area (Å²) in [5.74, 6) is -0.286. The molecule has 4 N–H and O–H groups in total. The number of nitrogen functional groups attached to an aromatic ring is 1. The maximum Gasteiger partial charge on any atom is 0.123 e. The number of aliphatic hydroxyl groups excluding tert-OH is 1. The second-order valence-corrected chi connectivity index (χ2v) is 8.36. The molecule has 0 aliphatic carbocycles. The van der Waals surface area contributed by atoms with E-state index in [9.17, 15) is 9.50 Å². The Morgan fingerprint density at radius 3 is 2.41 bits per heavy atom.